The van der Waals surface area contributed by atoms with E-state index in [4.69, 9.17) is 5.11 Å². The third-order valence-corrected chi connectivity index (χ3v) is 3.48. The SMILES string of the molecule is C[C@@H](Cc1ccccc1F)C(=O)N(CC(=O)O)C1CC1. The number of amides is 1. The normalized spacial score (nSPS) is 15.7. The summed E-state index contributed by atoms with van der Waals surface area (Å²) in [6.45, 7) is 1.44. The molecule has 1 N–H and O–H groups in total. The molecule has 1 atom stereocenters. The van der Waals surface area contributed by atoms with E-state index in [0.717, 1.165) is 12.8 Å². The average Bonchev–Trinajstić information content (AvgIpc) is 3.22. The van der Waals surface area contributed by atoms with Crippen molar-refractivity contribution in [1.29, 1.82) is 0 Å². The molecule has 1 saturated carbocycles. The van der Waals surface area contributed by atoms with Crippen molar-refractivity contribution in [2.24, 2.45) is 5.92 Å². The highest BCUT2D eigenvalue weighted by atomic mass is 19.1. The van der Waals surface area contributed by atoms with E-state index in [1.807, 2.05) is 0 Å². The lowest BCUT2D eigenvalue weighted by Crippen LogP contribution is -2.41. The number of carboxylic acids is 1. The van der Waals surface area contributed by atoms with Gasteiger partial charge in [0.25, 0.3) is 0 Å². The van der Waals surface area contributed by atoms with Crippen molar-refractivity contribution in [3.63, 3.8) is 0 Å². The van der Waals surface area contributed by atoms with Gasteiger partial charge in [0.05, 0.1) is 0 Å². The first-order valence-corrected chi connectivity index (χ1v) is 6.74. The zero-order valence-corrected chi connectivity index (χ0v) is 11.4. The Balaban J connectivity index is 2.03. The fourth-order valence-corrected chi connectivity index (χ4v) is 2.28. The molecule has 4 nitrogen and oxygen atoms in total. The van der Waals surface area contributed by atoms with Gasteiger partial charge in [-0.05, 0) is 30.9 Å². The van der Waals surface area contributed by atoms with Crippen LogP contribution in [0.1, 0.15) is 25.3 Å². The number of hydrogen-bond acceptors (Lipinski definition) is 2. The number of halogens is 1. The second-order valence-corrected chi connectivity index (χ2v) is 5.29. The summed E-state index contributed by atoms with van der Waals surface area (Å²) in [6, 6.07) is 6.39. The summed E-state index contributed by atoms with van der Waals surface area (Å²) < 4.78 is 13.6. The van der Waals surface area contributed by atoms with E-state index in [1.54, 1.807) is 25.1 Å². The van der Waals surface area contributed by atoms with Crippen LogP contribution in [0.5, 0.6) is 0 Å². The fourth-order valence-electron chi connectivity index (χ4n) is 2.28. The summed E-state index contributed by atoms with van der Waals surface area (Å²) in [5, 5.41) is 8.87. The molecule has 0 aromatic heterocycles. The number of nitrogens with zero attached hydrogens (tertiary/aromatic N) is 1. The monoisotopic (exact) mass is 279 g/mol. The number of carbonyl (C=O) groups excluding carboxylic acids is 1. The number of carbonyl (C=O) groups is 2. The van der Waals surface area contributed by atoms with Crippen molar-refractivity contribution >= 4 is 11.9 Å². The van der Waals surface area contributed by atoms with Gasteiger partial charge in [-0.15, -0.1) is 0 Å². The summed E-state index contributed by atoms with van der Waals surface area (Å²) in [6.07, 6.45) is 1.99. The molecule has 0 saturated heterocycles. The van der Waals surface area contributed by atoms with Crippen LogP contribution in [-0.4, -0.2) is 34.5 Å². The first-order chi connectivity index (χ1) is 9.49. The van der Waals surface area contributed by atoms with Crippen LogP contribution in [0, 0.1) is 11.7 Å². The number of carboxylic acid groups (broad SMARTS) is 1. The van der Waals surface area contributed by atoms with Crippen LogP contribution >= 0.6 is 0 Å². The Labute approximate surface area is 117 Å². The van der Waals surface area contributed by atoms with Crippen molar-refractivity contribution in [2.45, 2.75) is 32.2 Å². The maximum absolute atomic E-state index is 13.6. The number of benzene rings is 1. The maximum atomic E-state index is 13.6. The van der Waals surface area contributed by atoms with Crippen LogP contribution in [0.25, 0.3) is 0 Å². The lowest BCUT2D eigenvalue weighted by molar-refractivity contribution is -0.146. The second kappa shape index (κ2) is 6.03. The first-order valence-electron chi connectivity index (χ1n) is 6.74. The molecule has 1 fully saturated rings. The molecule has 1 aromatic rings. The molecular formula is C15H18FNO3. The van der Waals surface area contributed by atoms with Crippen LogP contribution in [-0.2, 0) is 16.0 Å². The Bertz CT molecular complexity index is 514. The summed E-state index contributed by atoms with van der Waals surface area (Å²) in [7, 11) is 0. The number of aliphatic carboxylic acids is 1. The van der Waals surface area contributed by atoms with Gasteiger partial charge in [0, 0.05) is 12.0 Å². The molecule has 1 amide bonds. The molecule has 20 heavy (non-hydrogen) atoms. The molecule has 0 unspecified atom stereocenters. The minimum Gasteiger partial charge on any atom is -0.480 e. The van der Waals surface area contributed by atoms with E-state index in [2.05, 4.69) is 0 Å². The van der Waals surface area contributed by atoms with Crippen LogP contribution < -0.4 is 0 Å². The molecule has 0 heterocycles. The fraction of sp³-hybridized carbons (Fsp3) is 0.467. The van der Waals surface area contributed by atoms with E-state index in [9.17, 15) is 14.0 Å². The molecule has 5 heteroatoms. The highest BCUT2D eigenvalue weighted by Crippen LogP contribution is 2.28. The highest BCUT2D eigenvalue weighted by molar-refractivity contribution is 5.83. The minimum absolute atomic E-state index is 0.0432. The van der Waals surface area contributed by atoms with Gasteiger partial charge in [0.2, 0.25) is 5.91 Å². The van der Waals surface area contributed by atoms with Crippen molar-refractivity contribution < 1.29 is 19.1 Å². The van der Waals surface area contributed by atoms with Gasteiger partial charge < -0.3 is 10.0 Å². The molecule has 0 bridgehead atoms. The molecule has 0 radical (unpaired) electrons. The molecule has 0 spiro atoms. The van der Waals surface area contributed by atoms with E-state index >= 15 is 0 Å². The Morgan fingerprint density at radius 1 is 1.40 bits per heavy atom. The summed E-state index contributed by atoms with van der Waals surface area (Å²) in [4.78, 5) is 24.6. The molecule has 108 valence electrons. The lowest BCUT2D eigenvalue weighted by atomic mass is 9.99. The molecule has 2 rings (SSSR count). The van der Waals surface area contributed by atoms with Gasteiger partial charge in [-0.2, -0.15) is 0 Å². The van der Waals surface area contributed by atoms with E-state index < -0.39 is 11.9 Å². The molecule has 1 aliphatic rings. The summed E-state index contributed by atoms with van der Waals surface area (Å²) in [5.74, 6) is -1.98. The lowest BCUT2D eigenvalue weighted by Gasteiger charge is -2.24. The van der Waals surface area contributed by atoms with Crippen LogP contribution in [0.4, 0.5) is 4.39 Å². The van der Waals surface area contributed by atoms with Gasteiger partial charge in [0.1, 0.15) is 12.4 Å². The van der Waals surface area contributed by atoms with Crippen molar-refractivity contribution in [1.82, 2.24) is 4.90 Å². The van der Waals surface area contributed by atoms with Crippen LogP contribution in [0.15, 0.2) is 24.3 Å². The molecule has 1 aromatic carbocycles. The van der Waals surface area contributed by atoms with Gasteiger partial charge in [0.15, 0.2) is 0 Å². The third-order valence-electron chi connectivity index (χ3n) is 3.48. The standard InChI is InChI=1S/C15H18FNO3/c1-10(8-11-4-2-3-5-13(11)16)15(20)17(9-14(18)19)12-6-7-12/h2-5,10,12H,6-9H2,1H3,(H,18,19)/t10-/m0/s1. The summed E-state index contributed by atoms with van der Waals surface area (Å²) >= 11 is 0. The second-order valence-electron chi connectivity index (χ2n) is 5.29. The molecule has 1 aliphatic carbocycles. The van der Waals surface area contributed by atoms with Gasteiger partial charge in [-0.1, -0.05) is 25.1 Å². The first kappa shape index (κ1) is 14.5. The maximum Gasteiger partial charge on any atom is 0.323 e. The Morgan fingerprint density at radius 2 is 2.05 bits per heavy atom. The van der Waals surface area contributed by atoms with E-state index in [1.165, 1.54) is 11.0 Å². The average molecular weight is 279 g/mol. The highest BCUT2D eigenvalue weighted by Gasteiger charge is 2.35. The van der Waals surface area contributed by atoms with Crippen LogP contribution in [0.2, 0.25) is 0 Å². The quantitative estimate of drug-likeness (QED) is 0.867. The van der Waals surface area contributed by atoms with Crippen molar-refractivity contribution in [3.05, 3.63) is 35.6 Å². The zero-order valence-electron chi connectivity index (χ0n) is 11.4. The topological polar surface area (TPSA) is 57.6 Å². The third kappa shape index (κ3) is 3.56. The van der Waals surface area contributed by atoms with Crippen molar-refractivity contribution in [3.8, 4) is 0 Å². The number of rotatable bonds is 6. The smallest absolute Gasteiger partial charge is 0.323 e. The Morgan fingerprint density at radius 3 is 2.60 bits per heavy atom. The minimum atomic E-state index is -1.01. The predicted molar refractivity (Wildman–Crippen MR) is 71.6 cm³/mol. The van der Waals surface area contributed by atoms with Crippen molar-refractivity contribution in [2.75, 3.05) is 6.54 Å². The van der Waals surface area contributed by atoms with E-state index in [0.29, 0.717) is 5.56 Å². The number of hydrogen-bond donors (Lipinski definition) is 1. The Hall–Kier alpha value is -1.91. The Kier molecular flexibility index (Phi) is 4.37. The van der Waals surface area contributed by atoms with Gasteiger partial charge in [-0.25, -0.2) is 4.39 Å². The molecule has 0 aliphatic heterocycles. The zero-order chi connectivity index (χ0) is 14.7. The van der Waals surface area contributed by atoms with Gasteiger partial charge >= 0.3 is 5.97 Å². The predicted octanol–water partition coefficient (Wildman–Crippen LogP) is 2.08. The molecular weight excluding hydrogens is 261 g/mol. The van der Waals surface area contributed by atoms with Gasteiger partial charge in [-0.3, -0.25) is 9.59 Å². The summed E-state index contributed by atoms with van der Waals surface area (Å²) in [5.41, 5.74) is 0.486. The largest absolute Gasteiger partial charge is 0.480 e. The van der Waals surface area contributed by atoms with E-state index in [-0.39, 0.29) is 30.7 Å². The van der Waals surface area contributed by atoms with Crippen LogP contribution in [0.3, 0.4) is 0 Å².